The average molecular weight is 614 g/mol. The van der Waals surface area contributed by atoms with Crippen LogP contribution in [0.15, 0.2) is 192 Å². The summed E-state index contributed by atoms with van der Waals surface area (Å²) in [6, 6.07) is 66.7. The zero-order valence-corrected chi connectivity index (χ0v) is 26.3. The molecule has 0 aliphatic heterocycles. The minimum atomic E-state index is 0.895. The maximum atomic E-state index is 6.60. The van der Waals surface area contributed by atoms with E-state index in [1.165, 1.54) is 38.4 Å². The molecule has 0 saturated carbocycles. The first-order valence-corrected chi connectivity index (χ1v) is 16.3. The molecule has 2 nitrogen and oxygen atoms in total. The van der Waals surface area contributed by atoms with Gasteiger partial charge in [-0.15, -0.1) is 0 Å². The molecule has 8 aromatic carbocycles. The van der Waals surface area contributed by atoms with Gasteiger partial charge in [0.05, 0.1) is 0 Å². The Labute approximate surface area is 279 Å². The summed E-state index contributed by atoms with van der Waals surface area (Å²) in [6.45, 7) is 0. The fourth-order valence-corrected chi connectivity index (χ4v) is 6.94. The summed E-state index contributed by atoms with van der Waals surface area (Å²) in [6.07, 6.45) is 0. The molecule has 0 saturated heterocycles. The van der Waals surface area contributed by atoms with E-state index in [9.17, 15) is 0 Å². The van der Waals surface area contributed by atoms with Gasteiger partial charge in [-0.1, -0.05) is 133 Å². The van der Waals surface area contributed by atoms with Crippen LogP contribution < -0.4 is 4.90 Å². The molecule has 1 heterocycles. The predicted molar refractivity (Wildman–Crippen MR) is 202 cm³/mol. The molecule has 0 bridgehead atoms. The third-order valence-corrected chi connectivity index (χ3v) is 9.27. The number of anilines is 3. The lowest BCUT2D eigenvalue weighted by Crippen LogP contribution is -2.09. The van der Waals surface area contributed by atoms with Crippen LogP contribution in [-0.2, 0) is 0 Å². The van der Waals surface area contributed by atoms with Gasteiger partial charge in [0.25, 0.3) is 0 Å². The highest BCUT2D eigenvalue weighted by Crippen LogP contribution is 2.42. The lowest BCUT2D eigenvalue weighted by Gasteiger charge is -2.26. The van der Waals surface area contributed by atoms with E-state index < -0.39 is 0 Å². The largest absolute Gasteiger partial charge is 0.456 e. The Morgan fingerprint density at radius 1 is 0.312 bits per heavy atom. The molecular formula is C46H31NO. The Morgan fingerprint density at radius 3 is 1.44 bits per heavy atom. The predicted octanol–water partition coefficient (Wildman–Crippen LogP) is 13.2. The van der Waals surface area contributed by atoms with Gasteiger partial charge in [-0.05, 0) is 98.8 Å². The van der Waals surface area contributed by atoms with Gasteiger partial charge in [-0.3, -0.25) is 0 Å². The number of para-hydroxylation sites is 1. The van der Waals surface area contributed by atoms with E-state index in [0.29, 0.717) is 0 Å². The monoisotopic (exact) mass is 613 g/mol. The van der Waals surface area contributed by atoms with Crippen molar-refractivity contribution in [3.8, 4) is 33.4 Å². The highest BCUT2D eigenvalue weighted by atomic mass is 16.3. The van der Waals surface area contributed by atoms with E-state index in [2.05, 4.69) is 193 Å². The smallest absolute Gasteiger partial charge is 0.136 e. The summed E-state index contributed by atoms with van der Waals surface area (Å²) in [4.78, 5) is 2.30. The van der Waals surface area contributed by atoms with E-state index in [4.69, 9.17) is 4.42 Å². The summed E-state index contributed by atoms with van der Waals surface area (Å²) in [5.74, 6) is 0. The van der Waals surface area contributed by atoms with Crippen molar-refractivity contribution in [2.75, 3.05) is 4.90 Å². The molecule has 9 aromatic rings. The van der Waals surface area contributed by atoms with Crippen molar-refractivity contribution >= 4 is 49.8 Å². The lowest BCUT2D eigenvalue weighted by atomic mass is 9.94. The van der Waals surface area contributed by atoms with Crippen LogP contribution in [0.3, 0.4) is 0 Å². The first-order chi connectivity index (χ1) is 23.8. The summed E-state index contributed by atoms with van der Waals surface area (Å²) < 4.78 is 6.60. The maximum Gasteiger partial charge on any atom is 0.136 e. The standard InChI is InChI=1S/C46H31NO/c1-4-12-32(13-5-1)33-20-25-38(26-21-33)47(37-16-8-3-9-17-37)39-27-22-34(23-28-39)36-24-29-42-44(30-36)48-45-31-43(35-14-6-2-7-15-35)40-18-10-11-19-41(40)46(42)45/h1-31H. The normalized spacial score (nSPS) is 11.3. The van der Waals surface area contributed by atoms with Crippen LogP contribution in [0.2, 0.25) is 0 Å². The Hall–Kier alpha value is -6.38. The quantitative estimate of drug-likeness (QED) is 0.185. The van der Waals surface area contributed by atoms with Crippen LogP contribution in [0.4, 0.5) is 17.1 Å². The summed E-state index contributed by atoms with van der Waals surface area (Å²) in [5, 5.41) is 4.74. The van der Waals surface area contributed by atoms with Gasteiger partial charge in [0.1, 0.15) is 11.2 Å². The number of benzene rings is 8. The Bertz CT molecular complexity index is 2520. The third kappa shape index (κ3) is 4.92. The van der Waals surface area contributed by atoms with E-state index in [1.54, 1.807) is 0 Å². The van der Waals surface area contributed by atoms with E-state index in [0.717, 1.165) is 44.7 Å². The van der Waals surface area contributed by atoms with Crippen molar-refractivity contribution in [2.24, 2.45) is 0 Å². The molecule has 0 fully saturated rings. The van der Waals surface area contributed by atoms with Gasteiger partial charge >= 0.3 is 0 Å². The Balaban J connectivity index is 1.09. The highest BCUT2D eigenvalue weighted by molar-refractivity contribution is 6.22. The van der Waals surface area contributed by atoms with Crippen LogP contribution in [0.1, 0.15) is 0 Å². The molecular weight excluding hydrogens is 583 g/mol. The van der Waals surface area contributed by atoms with Crippen LogP contribution in [0, 0.1) is 0 Å². The van der Waals surface area contributed by atoms with E-state index in [1.807, 2.05) is 0 Å². The molecule has 48 heavy (non-hydrogen) atoms. The average Bonchev–Trinajstić information content (AvgIpc) is 3.54. The van der Waals surface area contributed by atoms with Crippen LogP contribution in [-0.4, -0.2) is 0 Å². The molecule has 0 aliphatic carbocycles. The molecule has 0 amide bonds. The zero-order chi connectivity index (χ0) is 31.9. The van der Waals surface area contributed by atoms with Crippen molar-refractivity contribution in [1.29, 1.82) is 0 Å². The van der Waals surface area contributed by atoms with Gasteiger partial charge < -0.3 is 9.32 Å². The molecule has 0 aliphatic rings. The van der Waals surface area contributed by atoms with Gasteiger partial charge in [0.15, 0.2) is 0 Å². The minimum Gasteiger partial charge on any atom is -0.456 e. The van der Waals surface area contributed by atoms with Crippen LogP contribution in [0.25, 0.3) is 66.1 Å². The molecule has 9 rings (SSSR count). The third-order valence-electron chi connectivity index (χ3n) is 9.27. The molecule has 226 valence electrons. The SMILES string of the molecule is c1ccc(-c2ccc(N(c3ccccc3)c3ccc(-c4ccc5c(c4)oc4cc(-c6ccccc6)c6ccccc6c45)cc3)cc2)cc1. The Morgan fingerprint density at radius 2 is 0.792 bits per heavy atom. The first kappa shape index (κ1) is 27.9. The topological polar surface area (TPSA) is 16.4 Å². The highest BCUT2D eigenvalue weighted by Gasteiger charge is 2.16. The molecule has 1 aromatic heterocycles. The van der Waals surface area contributed by atoms with Crippen molar-refractivity contribution in [1.82, 2.24) is 0 Å². The van der Waals surface area contributed by atoms with Crippen molar-refractivity contribution < 1.29 is 4.42 Å². The Kier molecular flexibility index (Phi) is 6.84. The van der Waals surface area contributed by atoms with Crippen LogP contribution >= 0.6 is 0 Å². The van der Waals surface area contributed by atoms with Crippen molar-refractivity contribution in [3.05, 3.63) is 188 Å². The van der Waals surface area contributed by atoms with Crippen LogP contribution in [0.5, 0.6) is 0 Å². The van der Waals surface area contributed by atoms with Gasteiger partial charge in [0, 0.05) is 27.8 Å². The number of furan rings is 1. The first-order valence-electron chi connectivity index (χ1n) is 16.3. The summed E-state index contributed by atoms with van der Waals surface area (Å²) in [5.41, 5.74) is 12.2. The lowest BCUT2D eigenvalue weighted by molar-refractivity contribution is 0.669. The van der Waals surface area contributed by atoms with Crippen molar-refractivity contribution in [2.45, 2.75) is 0 Å². The second kappa shape index (κ2) is 11.8. The van der Waals surface area contributed by atoms with E-state index >= 15 is 0 Å². The molecule has 2 heteroatoms. The molecule has 0 radical (unpaired) electrons. The van der Waals surface area contributed by atoms with Gasteiger partial charge in [-0.25, -0.2) is 0 Å². The zero-order valence-electron chi connectivity index (χ0n) is 26.3. The molecule has 0 unspecified atom stereocenters. The van der Waals surface area contributed by atoms with E-state index in [-0.39, 0.29) is 0 Å². The minimum absolute atomic E-state index is 0.895. The maximum absolute atomic E-state index is 6.60. The van der Waals surface area contributed by atoms with Gasteiger partial charge in [0.2, 0.25) is 0 Å². The molecule has 0 N–H and O–H groups in total. The molecule has 0 atom stereocenters. The number of fused-ring (bicyclic) bond motifs is 5. The van der Waals surface area contributed by atoms with Crippen molar-refractivity contribution in [3.63, 3.8) is 0 Å². The number of hydrogen-bond acceptors (Lipinski definition) is 2. The number of hydrogen-bond donors (Lipinski definition) is 0. The fourth-order valence-electron chi connectivity index (χ4n) is 6.94. The fraction of sp³-hybridized carbons (Fsp3) is 0. The summed E-state index contributed by atoms with van der Waals surface area (Å²) >= 11 is 0. The second-order valence-electron chi connectivity index (χ2n) is 12.2. The summed E-state index contributed by atoms with van der Waals surface area (Å²) in [7, 11) is 0. The van der Waals surface area contributed by atoms with Gasteiger partial charge in [-0.2, -0.15) is 0 Å². The number of rotatable bonds is 6. The molecule has 0 spiro atoms. The number of nitrogens with zero attached hydrogens (tertiary/aromatic N) is 1. The second-order valence-corrected chi connectivity index (χ2v) is 12.2.